The number of methoxy groups -OCH3 is 1. The van der Waals surface area contributed by atoms with Crippen molar-refractivity contribution in [3.05, 3.63) is 60.0 Å². The van der Waals surface area contributed by atoms with Crippen molar-refractivity contribution in [1.29, 1.82) is 0 Å². The van der Waals surface area contributed by atoms with Crippen molar-refractivity contribution in [2.24, 2.45) is 5.92 Å². The fraction of sp³-hybridized carbons (Fsp3) is 0.333. The summed E-state index contributed by atoms with van der Waals surface area (Å²) in [5, 5.41) is 0. The molecule has 0 bridgehead atoms. The maximum atomic E-state index is 12.6. The van der Waals surface area contributed by atoms with Crippen LogP contribution in [0.2, 0.25) is 0 Å². The van der Waals surface area contributed by atoms with E-state index in [0.29, 0.717) is 42.8 Å². The number of ether oxygens (including phenoxy) is 2. The van der Waals surface area contributed by atoms with Crippen molar-refractivity contribution in [3.63, 3.8) is 0 Å². The van der Waals surface area contributed by atoms with Gasteiger partial charge in [-0.25, -0.2) is 4.98 Å². The minimum absolute atomic E-state index is 0.115. The Morgan fingerprint density at radius 1 is 1.20 bits per heavy atom. The van der Waals surface area contributed by atoms with Gasteiger partial charge in [0.25, 0.3) is 0 Å². The van der Waals surface area contributed by atoms with Gasteiger partial charge in [0.05, 0.1) is 19.4 Å². The van der Waals surface area contributed by atoms with E-state index in [4.69, 9.17) is 13.9 Å². The summed E-state index contributed by atoms with van der Waals surface area (Å²) >= 11 is 1.58. The van der Waals surface area contributed by atoms with E-state index in [1.807, 2.05) is 48.7 Å². The Morgan fingerprint density at radius 3 is 2.80 bits per heavy atom. The number of rotatable bonds is 10. The van der Waals surface area contributed by atoms with Gasteiger partial charge in [0.1, 0.15) is 6.26 Å². The van der Waals surface area contributed by atoms with Gasteiger partial charge in [0.15, 0.2) is 17.3 Å². The minimum atomic E-state index is 0.115. The highest BCUT2D eigenvalue weighted by atomic mass is 32.2. The van der Waals surface area contributed by atoms with E-state index in [9.17, 15) is 4.79 Å². The molecule has 1 aromatic heterocycles. The SMILES string of the molecule is COc1ccc(-c2nc(CCC(=O)c3ccccc3SC)co2)cc1OCC1CC1. The zero-order valence-corrected chi connectivity index (χ0v) is 18.0. The molecule has 6 heteroatoms. The van der Waals surface area contributed by atoms with Crippen molar-refractivity contribution < 1.29 is 18.7 Å². The Bertz CT molecular complexity index is 1030. The number of aromatic nitrogens is 1. The summed E-state index contributed by atoms with van der Waals surface area (Å²) in [7, 11) is 1.63. The molecular formula is C24H25NO4S. The van der Waals surface area contributed by atoms with Gasteiger partial charge >= 0.3 is 0 Å². The van der Waals surface area contributed by atoms with Crippen LogP contribution in [-0.2, 0) is 6.42 Å². The van der Waals surface area contributed by atoms with Crippen LogP contribution < -0.4 is 9.47 Å². The fourth-order valence-corrected chi connectivity index (χ4v) is 3.84. The maximum absolute atomic E-state index is 12.6. The summed E-state index contributed by atoms with van der Waals surface area (Å²) in [6, 6.07) is 13.4. The molecule has 1 aliphatic carbocycles. The Hall–Kier alpha value is -2.73. The molecule has 1 fully saturated rings. The molecule has 2 aromatic carbocycles. The van der Waals surface area contributed by atoms with Crippen molar-refractivity contribution in [2.75, 3.05) is 20.0 Å². The molecule has 156 valence electrons. The van der Waals surface area contributed by atoms with Crippen LogP contribution in [0.4, 0.5) is 0 Å². The molecule has 1 saturated carbocycles. The number of oxazole rings is 1. The number of carbonyl (C=O) groups excluding carboxylic acids is 1. The van der Waals surface area contributed by atoms with E-state index in [2.05, 4.69) is 4.98 Å². The first-order chi connectivity index (χ1) is 14.7. The van der Waals surface area contributed by atoms with Gasteiger partial charge in [0, 0.05) is 28.9 Å². The molecule has 4 rings (SSSR count). The highest BCUT2D eigenvalue weighted by molar-refractivity contribution is 7.98. The standard InChI is InChI=1S/C24H25NO4S/c1-27-21-12-9-17(13-22(21)28-14-16-7-8-16)24-25-18(15-29-24)10-11-20(26)19-5-3-4-6-23(19)30-2/h3-6,9,12-13,15-16H,7-8,10-11,14H2,1-2H3. The summed E-state index contributed by atoms with van der Waals surface area (Å²) in [6.07, 6.45) is 6.98. The van der Waals surface area contributed by atoms with Crippen molar-refractivity contribution in [2.45, 2.75) is 30.6 Å². The molecule has 5 nitrogen and oxygen atoms in total. The predicted molar refractivity (Wildman–Crippen MR) is 118 cm³/mol. The lowest BCUT2D eigenvalue weighted by Gasteiger charge is -2.11. The van der Waals surface area contributed by atoms with Gasteiger partial charge in [0.2, 0.25) is 5.89 Å². The van der Waals surface area contributed by atoms with Crippen LogP contribution in [0.5, 0.6) is 11.5 Å². The summed E-state index contributed by atoms with van der Waals surface area (Å²) in [5.74, 6) is 2.68. The van der Waals surface area contributed by atoms with E-state index in [1.165, 1.54) is 12.8 Å². The van der Waals surface area contributed by atoms with Gasteiger partial charge < -0.3 is 13.9 Å². The van der Waals surface area contributed by atoms with Crippen LogP contribution in [0, 0.1) is 5.92 Å². The number of hydrogen-bond acceptors (Lipinski definition) is 6. The number of ketones is 1. The third-order valence-electron chi connectivity index (χ3n) is 5.15. The summed E-state index contributed by atoms with van der Waals surface area (Å²) < 4.78 is 17.0. The lowest BCUT2D eigenvalue weighted by Crippen LogP contribution is -2.03. The summed E-state index contributed by atoms with van der Waals surface area (Å²) in [4.78, 5) is 18.2. The molecule has 0 amide bonds. The van der Waals surface area contributed by atoms with E-state index >= 15 is 0 Å². The monoisotopic (exact) mass is 423 g/mol. The molecule has 0 saturated heterocycles. The highest BCUT2D eigenvalue weighted by Crippen LogP contribution is 2.35. The first-order valence-corrected chi connectivity index (χ1v) is 11.3. The number of benzene rings is 2. The minimum Gasteiger partial charge on any atom is -0.493 e. The molecule has 0 aliphatic heterocycles. The largest absolute Gasteiger partial charge is 0.493 e. The van der Waals surface area contributed by atoms with Gasteiger partial charge in [-0.15, -0.1) is 11.8 Å². The Balaban J connectivity index is 1.43. The zero-order valence-electron chi connectivity index (χ0n) is 17.2. The van der Waals surface area contributed by atoms with Gasteiger partial charge in [-0.05, 0) is 49.3 Å². The Kier molecular flexibility index (Phi) is 6.43. The molecule has 3 aromatic rings. The zero-order chi connectivity index (χ0) is 20.9. The van der Waals surface area contributed by atoms with E-state index < -0.39 is 0 Å². The van der Waals surface area contributed by atoms with Crippen LogP contribution in [0.1, 0.15) is 35.3 Å². The number of hydrogen-bond donors (Lipinski definition) is 0. The maximum Gasteiger partial charge on any atom is 0.226 e. The second-order valence-electron chi connectivity index (χ2n) is 7.39. The van der Waals surface area contributed by atoms with Crippen molar-refractivity contribution >= 4 is 17.5 Å². The number of aryl methyl sites for hydroxylation is 1. The molecular weight excluding hydrogens is 398 g/mol. The first kappa shape index (κ1) is 20.5. The molecule has 1 aliphatic rings. The molecule has 30 heavy (non-hydrogen) atoms. The van der Waals surface area contributed by atoms with Gasteiger partial charge in [-0.2, -0.15) is 0 Å². The fourth-order valence-electron chi connectivity index (χ4n) is 3.22. The smallest absolute Gasteiger partial charge is 0.226 e. The topological polar surface area (TPSA) is 61.6 Å². The molecule has 0 N–H and O–H groups in total. The molecule has 0 atom stereocenters. The lowest BCUT2D eigenvalue weighted by molar-refractivity contribution is 0.0979. The number of Topliss-reactive ketones (excluding diaryl/α,β-unsaturated/α-hetero) is 1. The van der Waals surface area contributed by atoms with E-state index in [0.717, 1.165) is 21.7 Å². The summed E-state index contributed by atoms with van der Waals surface area (Å²) in [5.41, 5.74) is 2.35. The van der Waals surface area contributed by atoms with Crippen LogP contribution in [-0.4, -0.2) is 30.7 Å². The average molecular weight is 424 g/mol. The first-order valence-electron chi connectivity index (χ1n) is 10.1. The molecule has 0 spiro atoms. The van der Waals surface area contributed by atoms with Crippen LogP contribution in [0.15, 0.2) is 58.0 Å². The van der Waals surface area contributed by atoms with Gasteiger partial charge in [-0.1, -0.05) is 18.2 Å². The molecule has 0 radical (unpaired) electrons. The number of carbonyl (C=O) groups is 1. The lowest BCUT2D eigenvalue weighted by atomic mass is 10.1. The second kappa shape index (κ2) is 9.39. The Morgan fingerprint density at radius 2 is 2.03 bits per heavy atom. The van der Waals surface area contributed by atoms with Crippen molar-refractivity contribution in [1.82, 2.24) is 4.98 Å². The van der Waals surface area contributed by atoms with Crippen LogP contribution in [0.3, 0.4) is 0 Å². The number of nitrogens with zero attached hydrogens (tertiary/aromatic N) is 1. The molecule has 0 unspecified atom stereocenters. The normalized spacial score (nSPS) is 13.3. The third-order valence-corrected chi connectivity index (χ3v) is 5.95. The van der Waals surface area contributed by atoms with E-state index in [1.54, 1.807) is 25.1 Å². The van der Waals surface area contributed by atoms with Gasteiger partial charge in [-0.3, -0.25) is 4.79 Å². The third kappa shape index (κ3) is 4.87. The summed E-state index contributed by atoms with van der Waals surface area (Å²) in [6.45, 7) is 0.705. The van der Waals surface area contributed by atoms with Crippen LogP contribution >= 0.6 is 11.8 Å². The predicted octanol–water partition coefficient (Wildman–Crippen LogP) is 5.68. The number of thioether (sulfide) groups is 1. The van der Waals surface area contributed by atoms with Crippen LogP contribution in [0.25, 0.3) is 11.5 Å². The average Bonchev–Trinajstić information content (AvgIpc) is 3.50. The Labute approximate surface area is 180 Å². The quantitative estimate of drug-likeness (QED) is 0.309. The molecule has 1 heterocycles. The van der Waals surface area contributed by atoms with E-state index in [-0.39, 0.29) is 5.78 Å². The second-order valence-corrected chi connectivity index (χ2v) is 8.24. The highest BCUT2D eigenvalue weighted by Gasteiger charge is 2.23. The van der Waals surface area contributed by atoms with Crippen molar-refractivity contribution in [3.8, 4) is 23.0 Å².